The highest BCUT2D eigenvalue weighted by atomic mass is 79.9. The van der Waals surface area contributed by atoms with Gasteiger partial charge in [-0.3, -0.25) is 9.59 Å². The van der Waals surface area contributed by atoms with Gasteiger partial charge in [-0.25, -0.2) is 9.97 Å². The third kappa shape index (κ3) is 2.99. The fourth-order valence-electron chi connectivity index (χ4n) is 2.57. The number of anilines is 1. The van der Waals surface area contributed by atoms with E-state index in [9.17, 15) is 9.59 Å². The molecular weight excluding hydrogens is 340 g/mol. The zero-order valence-corrected chi connectivity index (χ0v) is 12.9. The predicted molar refractivity (Wildman–Crippen MR) is 77.8 cm³/mol. The molecule has 1 aromatic heterocycles. The molecule has 0 spiro atoms. The van der Waals surface area contributed by atoms with Gasteiger partial charge in [-0.2, -0.15) is 0 Å². The fourth-order valence-corrected chi connectivity index (χ4v) is 2.78. The summed E-state index contributed by atoms with van der Waals surface area (Å²) in [6.45, 7) is 2.50. The minimum absolute atomic E-state index is 0.0289. The van der Waals surface area contributed by atoms with Crippen molar-refractivity contribution in [1.29, 1.82) is 0 Å². The van der Waals surface area contributed by atoms with E-state index < -0.39 is 11.9 Å². The van der Waals surface area contributed by atoms with Gasteiger partial charge in [0.25, 0.3) is 0 Å². The smallest absolute Gasteiger partial charge is 0.307 e. The van der Waals surface area contributed by atoms with E-state index in [1.807, 2.05) is 4.90 Å². The fraction of sp³-hybridized carbons (Fsp3) is 0.538. The third-order valence-corrected chi connectivity index (χ3v) is 4.32. The number of carbonyl (C=O) groups excluding carboxylic acids is 1. The van der Waals surface area contributed by atoms with E-state index in [0.717, 1.165) is 4.47 Å². The highest BCUT2D eigenvalue weighted by Crippen LogP contribution is 2.40. The van der Waals surface area contributed by atoms with E-state index in [4.69, 9.17) is 5.11 Å². The summed E-state index contributed by atoms with van der Waals surface area (Å²) >= 11 is 3.29. The summed E-state index contributed by atoms with van der Waals surface area (Å²) in [6.07, 6.45) is 3.87. The molecule has 1 saturated carbocycles. The number of halogens is 1. The molecule has 1 saturated heterocycles. The SMILES string of the molecule is O=C(O)[C@H]1C[C@H]1C(=O)N1CCN(c2ncc(Br)cn2)CC1. The number of hydrogen-bond acceptors (Lipinski definition) is 5. The molecule has 0 radical (unpaired) electrons. The van der Waals surface area contributed by atoms with Crippen molar-refractivity contribution in [3.63, 3.8) is 0 Å². The van der Waals surface area contributed by atoms with Crippen molar-refractivity contribution in [2.75, 3.05) is 31.1 Å². The zero-order valence-electron chi connectivity index (χ0n) is 11.3. The van der Waals surface area contributed by atoms with E-state index in [-0.39, 0.29) is 11.8 Å². The monoisotopic (exact) mass is 354 g/mol. The molecule has 8 heteroatoms. The molecule has 2 aliphatic rings. The molecule has 1 aliphatic heterocycles. The second-order valence-electron chi connectivity index (χ2n) is 5.30. The molecule has 2 fully saturated rings. The number of hydrogen-bond donors (Lipinski definition) is 1. The lowest BCUT2D eigenvalue weighted by Gasteiger charge is -2.34. The summed E-state index contributed by atoms with van der Waals surface area (Å²) in [7, 11) is 0. The Morgan fingerprint density at radius 1 is 1.14 bits per heavy atom. The highest BCUT2D eigenvalue weighted by Gasteiger charge is 2.50. The van der Waals surface area contributed by atoms with Gasteiger partial charge in [0.05, 0.1) is 16.3 Å². The van der Waals surface area contributed by atoms with Crippen LogP contribution in [0.1, 0.15) is 6.42 Å². The summed E-state index contributed by atoms with van der Waals surface area (Å²) in [6, 6.07) is 0. The van der Waals surface area contributed by atoms with Crippen LogP contribution in [0.3, 0.4) is 0 Å². The molecule has 0 unspecified atom stereocenters. The van der Waals surface area contributed by atoms with Crippen LogP contribution in [0.4, 0.5) is 5.95 Å². The van der Waals surface area contributed by atoms with E-state index in [2.05, 4.69) is 25.9 Å². The lowest BCUT2D eigenvalue weighted by Crippen LogP contribution is -2.50. The van der Waals surface area contributed by atoms with Gasteiger partial charge in [-0.15, -0.1) is 0 Å². The molecule has 3 rings (SSSR count). The Bertz CT molecular complexity index is 557. The number of carboxylic acids is 1. The number of carboxylic acid groups (broad SMARTS) is 1. The Morgan fingerprint density at radius 3 is 2.29 bits per heavy atom. The van der Waals surface area contributed by atoms with Crippen LogP contribution in [0.5, 0.6) is 0 Å². The van der Waals surface area contributed by atoms with Crippen LogP contribution in [0.2, 0.25) is 0 Å². The summed E-state index contributed by atoms with van der Waals surface area (Å²) < 4.78 is 0.827. The maximum Gasteiger partial charge on any atom is 0.307 e. The standard InChI is InChI=1S/C13H15BrN4O3/c14-8-6-15-13(16-7-8)18-3-1-17(2-4-18)11(19)9-5-10(9)12(20)21/h6-7,9-10H,1-5H2,(H,20,21)/t9-,10+/m1/s1. The lowest BCUT2D eigenvalue weighted by molar-refractivity contribution is -0.142. The molecule has 0 bridgehead atoms. The minimum atomic E-state index is -0.866. The first-order valence-corrected chi connectivity index (χ1v) is 7.59. The Labute approximate surface area is 130 Å². The van der Waals surface area contributed by atoms with Gasteiger partial charge < -0.3 is 14.9 Å². The average molecular weight is 355 g/mol. The maximum absolute atomic E-state index is 12.2. The van der Waals surface area contributed by atoms with Crippen LogP contribution in [-0.4, -0.2) is 58.0 Å². The number of amides is 1. The molecule has 1 N–H and O–H groups in total. The number of piperazine rings is 1. The second-order valence-corrected chi connectivity index (χ2v) is 6.22. The van der Waals surface area contributed by atoms with Gasteiger partial charge in [0.2, 0.25) is 11.9 Å². The lowest BCUT2D eigenvalue weighted by atomic mass is 10.2. The molecule has 1 amide bonds. The summed E-state index contributed by atoms with van der Waals surface area (Å²) in [4.78, 5) is 35.3. The molecule has 112 valence electrons. The first kappa shape index (κ1) is 14.2. The first-order valence-electron chi connectivity index (χ1n) is 6.80. The van der Waals surface area contributed by atoms with Crippen LogP contribution in [0, 0.1) is 11.8 Å². The van der Waals surface area contributed by atoms with Gasteiger partial charge in [0.1, 0.15) is 0 Å². The average Bonchev–Trinajstić information content (AvgIpc) is 3.28. The Balaban J connectivity index is 1.54. The Hall–Kier alpha value is -1.70. The van der Waals surface area contributed by atoms with Crippen LogP contribution in [-0.2, 0) is 9.59 Å². The number of aliphatic carboxylic acids is 1. The van der Waals surface area contributed by atoms with Gasteiger partial charge in [0, 0.05) is 38.6 Å². The highest BCUT2D eigenvalue weighted by molar-refractivity contribution is 9.10. The van der Waals surface area contributed by atoms with E-state index in [1.165, 1.54) is 0 Å². The number of carbonyl (C=O) groups is 2. The van der Waals surface area contributed by atoms with Gasteiger partial charge in [0.15, 0.2) is 0 Å². The Morgan fingerprint density at radius 2 is 1.76 bits per heavy atom. The van der Waals surface area contributed by atoms with Crippen molar-refractivity contribution in [2.24, 2.45) is 11.8 Å². The molecule has 21 heavy (non-hydrogen) atoms. The summed E-state index contributed by atoms with van der Waals surface area (Å²) in [5.74, 6) is -1.04. The predicted octanol–water partition coefficient (Wildman–Crippen LogP) is 0.608. The molecule has 7 nitrogen and oxygen atoms in total. The van der Waals surface area contributed by atoms with Crippen LogP contribution < -0.4 is 4.90 Å². The van der Waals surface area contributed by atoms with Gasteiger partial charge in [-0.05, 0) is 22.4 Å². The third-order valence-electron chi connectivity index (χ3n) is 3.91. The van der Waals surface area contributed by atoms with Gasteiger partial charge >= 0.3 is 5.97 Å². The largest absolute Gasteiger partial charge is 0.481 e. The first-order chi connectivity index (χ1) is 10.1. The second kappa shape index (κ2) is 5.59. The normalized spacial score (nSPS) is 24.8. The molecular formula is C13H15BrN4O3. The number of aromatic nitrogens is 2. The molecule has 2 atom stereocenters. The molecule has 0 aromatic carbocycles. The van der Waals surface area contributed by atoms with Crippen molar-refractivity contribution < 1.29 is 14.7 Å². The summed E-state index contributed by atoms with van der Waals surface area (Å²) in [5, 5.41) is 8.88. The van der Waals surface area contributed by atoms with Crippen molar-refractivity contribution in [3.05, 3.63) is 16.9 Å². The van der Waals surface area contributed by atoms with Crippen LogP contribution in [0.15, 0.2) is 16.9 Å². The topological polar surface area (TPSA) is 86.6 Å². The molecule has 2 heterocycles. The quantitative estimate of drug-likeness (QED) is 0.855. The minimum Gasteiger partial charge on any atom is -0.481 e. The van der Waals surface area contributed by atoms with Gasteiger partial charge in [-0.1, -0.05) is 0 Å². The summed E-state index contributed by atoms with van der Waals surface area (Å²) in [5.41, 5.74) is 0. The van der Waals surface area contributed by atoms with E-state index in [0.29, 0.717) is 38.5 Å². The van der Waals surface area contributed by atoms with Crippen molar-refractivity contribution in [2.45, 2.75) is 6.42 Å². The number of nitrogens with zero attached hydrogens (tertiary/aromatic N) is 4. The van der Waals surface area contributed by atoms with Crippen molar-refractivity contribution in [3.8, 4) is 0 Å². The van der Waals surface area contributed by atoms with Crippen LogP contribution in [0.25, 0.3) is 0 Å². The van der Waals surface area contributed by atoms with Crippen molar-refractivity contribution in [1.82, 2.24) is 14.9 Å². The van der Waals surface area contributed by atoms with E-state index in [1.54, 1.807) is 17.3 Å². The number of rotatable bonds is 3. The Kier molecular flexibility index (Phi) is 3.79. The van der Waals surface area contributed by atoms with Crippen LogP contribution >= 0.6 is 15.9 Å². The molecule has 1 aromatic rings. The molecule has 1 aliphatic carbocycles. The van der Waals surface area contributed by atoms with Crippen molar-refractivity contribution >= 4 is 33.8 Å². The van der Waals surface area contributed by atoms with E-state index >= 15 is 0 Å². The maximum atomic E-state index is 12.2. The zero-order chi connectivity index (χ0) is 15.0.